The Morgan fingerprint density at radius 1 is 1.38 bits per heavy atom. The van der Waals surface area contributed by atoms with Crippen LogP contribution in [0.1, 0.15) is 35.3 Å². The van der Waals surface area contributed by atoms with Crippen LogP contribution in [-0.4, -0.2) is 34.9 Å². The second kappa shape index (κ2) is 8.52. The highest BCUT2D eigenvalue weighted by atomic mass is 127. The largest absolute Gasteiger partial charge is 0.466 e. The van der Waals surface area contributed by atoms with Crippen molar-refractivity contribution in [2.24, 2.45) is 4.99 Å². The number of nitrogens with one attached hydrogen (secondary N) is 3. The molecule has 2 rings (SSSR count). The number of aromatic amines is 1. The van der Waals surface area contributed by atoms with Crippen molar-refractivity contribution in [2.45, 2.75) is 39.8 Å². The van der Waals surface area contributed by atoms with Crippen molar-refractivity contribution in [2.75, 3.05) is 13.6 Å². The molecule has 0 radical (unpaired) electrons. The van der Waals surface area contributed by atoms with E-state index in [2.05, 4.69) is 25.8 Å². The van der Waals surface area contributed by atoms with E-state index in [9.17, 15) is 5.11 Å². The van der Waals surface area contributed by atoms with Gasteiger partial charge in [-0.15, -0.1) is 24.0 Å². The standard InChI is InChI=1S/C16H25N5O2.HI/c1-10-6-14(12(3)23-10)16(4,22)9-19-15(17-5)18-7-13-8-20-21-11(13)2;/h6,8,22H,7,9H2,1-5H3,(H,20,21)(H2,17,18,19);1H. The third-order valence-electron chi connectivity index (χ3n) is 3.83. The van der Waals surface area contributed by atoms with Crippen molar-refractivity contribution in [3.8, 4) is 0 Å². The van der Waals surface area contributed by atoms with Crippen molar-refractivity contribution in [3.63, 3.8) is 0 Å². The minimum Gasteiger partial charge on any atom is -0.466 e. The Morgan fingerprint density at radius 3 is 2.58 bits per heavy atom. The van der Waals surface area contributed by atoms with Gasteiger partial charge in [0.05, 0.1) is 12.7 Å². The molecule has 134 valence electrons. The Balaban J connectivity index is 0.00000288. The number of hydrogen-bond donors (Lipinski definition) is 4. The molecular formula is C16H26IN5O2. The van der Waals surface area contributed by atoms with Crippen molar-refractivity contribution in [1.29, 1.82) is 0 Å². The average Bonchev–Trinajstić information content (AvgIpc) is 3.05. The second-order valence-corrected chi connectivity index (χ2v) is 5.90. The Kier molecular flexibility index (Phi) is 7.27. The van der Waals surface area contributed by atoms with Gasteiger partial charge in [0.25, 0.3) is 0 Å². The first-order chi connectivity index (χ1) is 10.8. The van der Waals surface area contributed by atoms with Gasteiger partial charge in [0.2, 0.25) is 0 Å². The van der Waals surface area contributed by atoms with Crippen LogP contribution in [0.15, 0.2) is 21.7 Å². The van der Waals surface area contributed by atoms with E-state index in [0.717, 1.165) is 28.3 Å². The van der Waals surface area contributed by atoms with Gasteiger partial charge in [0, 0.05) is 30.4 Å². The van der Waals surface area contributed by atoms with Gasteiger partial charge in [-0.3, -0.25) is 10.1 Å². The zero-order chi connectivity index (χ0) is 17.0. The van der Waals surface area contributed by atoms with Crippen molar-refractivity contribution in [3.05, 3.63) is 40.6 Å². The molecule has 2 heterocycles. The topological polar surface area (TPSA) is 98.5 Å². The Labute approximate surface area is 159 Å². The van der Waals surface area contributed by atoms with Gasteiger partial charge in [-0.1, -0.05) is 0 Å². The number of halogens is 1. The SMILES string of the molecule is CN=C(NCc1cn[nH]c1C)NCC(C)(O)c1cc(C)oc1C.I. The third-order valence-corrected chi connectivity index (χ3v) is 3.83. The van der Waals surface area contributed by atoms with Gasteiger partial charge in [0.15, 0.2) is 5.96 Å². The number of aliphatic hydroxyl groups is 1. The summed E-state index contributed by atoms with van der Waals surface area (Å²) >= 11 is 0. The summed E-state index contributed by atoms with van der Waals surface area (Å²) in [6, 6.07) is 1.86. The molecule has 0 amide bonds. The van der Waals surface area contributed by atoms with Crippen molar-refractivity contribution in [1.82, 2.24) is 20.8 Å². The molecule has 2 aromatic rings. The highest BCUT2D eigenvalue weighted by Gasteiger charge is 2.27. The molecule has 4 N–H and O–H groups in total. The molecule has 0 bridgehead atoms. The summed E-state index contributed by atoms with van der Waals surface area (Å²) in [6.45, 7) is 8.37. The number of nitrogens with zero attached hydrogens (tertiary/aromatic N) is 2. The monoisotopic (exact) mass is 447 g/mol. The molecule has 7 nitrogen and oxygen atoms in total. The number of hydrogen-bond acceptors (Lipinski definition) is 4. The van der Waals surface area contributed by atoms with Gasteiger partial charge in [0.1, 0.15) is 17.1 Å². The van der Waals surface area contributed by atoms with Crippen molar-refractivity contribution >= 4 is 29.9 Å². The third kappa shape index (κ3) is 4.97. The normalized spacial score (nSPS) is 14.0. The molecule has 0 aliphatic heterocycles. The molecule has 1 atom stereocenters. The molecule has 24 heavy (non-hydrogen) atoms. The summed E-state index contributed by atoms with van der Waals surface area (Å²) in [5.74, 6) is 2.13. The van der Waals surface area contributed by atoms with Gasteiger partial charge >= 0.3 is 0 Å². The summed E-state index contributed by atoms with van der Waals surface area (Å²) in [4.78, 5) is 4.17. The van der Waals surface area contributed by atoms with E-state index in [0.29, 0.717) is 19.0 Å². The highest BCUT2D eigenvalue weighted by Crippen LogP contribution is 2.26. The Bertz CT molecular complexity index is 690. The first-order valence-electron chi connectivity index (χ1n) is 7.56. The number of rotatable bonds is 5. The zero-order valence-corrected chi connectivity index (χ0v) is 17.1. The Morgan fingerprint density at radius 2 is 2.08 bits per heavy atom. The molecule has 2 aromatic heterocycles. The summed E-state index contributed by atoms with van der Waals surface area (Å²) in [7, 11) is 1.69. The molecular weight excluding hydrogens is 421 g/mol. The van der Waals surface area contributed by atoms with E-state index >= 15 is 0 Å². The van der Waals surface area contributed by atoms with Crippen LogP contribution in [0, 0.1) is 20.8 Å². The number of guanidine groups is 1. The maximum Gasteiger partial charge on any atom is 0.191 e. The van der Waals surface area contributed by atoms with Gasteiger partial charge in [-0.05, 0) is 33.8 Å². The van der Waals surface area contributed by atoms with Crippen LogP contribution >= 0.6 is 24.0 Å². The fourth-order valence-corrected chi connectivity index (χ4v) is 2.47. The lowest BCUT2D eigenvalue weighted by molar-refractivity contribution is 0.0602. The lowest BCUT2D eigenvalue weighted by Gasteiger charge is -2.24. The van der Waals surface area contributed by atoms with E-state index in [4.69, 9.17) is 4.42 Å². The first kappa shape index (κ1) is 20.5. The van der Waals surface area contributed by atoms with Gasteiger partial charge < -0.3 is 20.2 Å². The van der Waals surface area contributed by atoms with Crippen molar-refractivity contribution < 1.29 is 9.52 Å². The van der Waals surface area contributed by atoms with Crippen LogP contribution in [0.25, 0.3) is 0 Å². The maximum atomic E-state index is 10.7. The average molecular weight is 447 g/mol. The maximum absolute atomic E-state index is 10.7. The van der Waals surface area contributed by atoms with Gasteiger partial charge in [-0.2, -0.15) is 5.10 Å². The van der Waals surface area contributed by atoms with E-state index in [-0.39, 0.29) is 24.0 Å². The van der Waals surface area contributed by atoms with Crippen LogP contribution in [0.5, 0.6) is 0 Å². The predicted octanol–water partition coefficient (Wildman–Crippen LogP) is 2.12. The minimum absolute atomic E-state index is 0. The highest BCUT2D eigenvalue weighted by molar-refractivity contribution is 14.0. The fourth-order valence-electron chi connectivity index (χ4n) is 2.47. The predicted molar refractivity (Wildman–Crippen MR) is 105 cm³/mol. The van der Waals surface area contributed by atoms with Crippen LogP contribution in [0.4, 0.5) is 0 Å². The molecule has 0 saturated heterocycles. The van der Waals surface area contributed by atoms with Crippen LogP contribution < -0.4 is 10.6 Å². The molecule has 0 aliphatic rings. The Hall–Kier alpha value is -1.55. The molecule has 0 saturated carbocycles. The fraction of sp³-hybridized carbons (Fsp3) is 0.500. The number of aromatic nitrogens is 2. The van der Waals surface area contributed by atoms with E-state index < -0.39 is 5.60 Å². The van der Waals surface area contributed by atoms with Gasteiger partial charge in [-0.25, -0.2) is 0 Å². The first-order valence-corrected chi connectivity index (χ1v) is 7.56. The molecule has 1 unspecified atom stereocenters. The van der Waals surface area contributed by atoms with E-state index in [1.54, 1.807) is 20.2 Å². The number of furan rings is 1. The number of H-pyrrole nitrogens is 1. The minimum atomic E-state index is -1.05. The lowest BCUT2D eigenvalue weighted by atomic mass is 9.96. The number of aliphatic imine (C=N–C) groups is 1. The smallest absolute Gasteiger partial charge is 0.191 e. The van der Waals surface area contributed by atoms with Crippen LogP contribution in [0.2, 0.25) is 0 Å². The second-order valence-electron chi connectivity index (χ2n) is 5.90. The van der Waals surface area contributed by atoms with E-state index in [1.165, 1.54) is 0 Å². The molecule has 0 spiro atoms. The molecule has 0 aromatic carbocycles. The molecule has 8 heteroatoms. The zero-order valence-electron chi connectivity index (χ0n) is 14.7. The molecule has 0 fully saturated rings. The van der Waals surface area contributed by atoms with Crippen LogP contribution in [0.3, 0.4) is 0 Å². The van der Waals surface area contributed by atoms with E-state index in [1.807, 2.05) is 26.8 Å². The number of aryl methyl sites for hydroxylation is 3. The summed E-state index contributed by atoms with van der Waals surface area (Å²) in [6.07, 6.45) is 1.78. The summed E-state index contributed by atoms with van der Waals surface area (Å²) in [5, 5.41) is 23.9. The summed E-state index contributed by atoms with van der Waals surface area (Å²) < 4.78 is 5.50. The lowest BCUT2D eigenvalue weighted by Crippen LogP contribution is -2.44. The van der Waals surface area contributed by atoms with Crippen LogP contribution in [-0.2, 0) is 12.1 Å². The summed E-state index contributed by atoms with van der Waals surface area (Å²) in [5.41, 5.74) is 1.82. The molecule has 0 aliphatic carbocycles. The quantitative estimate of drug-likeness (QED) is 0.320.